The number of hydrogen-bond acceptors (Lipinski definition) is 5. The molecular formula is C30H38N2O5. The smallest absolute Gasteiger partial charge is 0.418 e. The summed E-state index contributed by atoms with van der Waals surface area (Å²) in [7, 11) is 0. The molecule has 3 amide bonds. The Morgan fingerprint density at radius 3 is 2.00 bits per heavy atom. The normalized spacial score (nSPS) is 16.9. The monoisotopic (exact) mass is 506 g/mol. The Morgan fingerprint density at radius 1 is 1.05 bits per heavy atom. The minimum atomic E-state index is -1.16. The second-order valence-electron chi connectivity index (χ2n) is 10.9. The number of cyclic esters (lactones) is 1. The van der Waals surface area contributed by atoms with Crippen LogP contribution in [0.25, 0.3) is 0 Å². The van der Waals surface area contributed by atoms with Gasteiger partial charge in [0.25, 0.3) is 0 Å². The molecule has 198 valence electrons. The molecular weight excluding hydrogens is 468 g/mol. The molecule has 0 spiro atoms. The summed E-state index contributed by atoms with van der Waals surface area (Å²) in [5, 5.41) is 0. The van der Waals surface area contributed by atoms with Crippen molar-refractivity contribution in [3.8, 4) is 0 Å². The van der Waals surface area contributed by atoms with E-state index in [0.717, 1.165) is 16.7 Å². The van der Waals surface area contributed by atoms with E-state index in [9.17, 15) is 14.4 Å². The Hall–Kier alpha value is -3.61. The number of carbonyl (C=O) groups is 3. The molecule has 3 rings (SSSR count). The lowest BCUT2D eigenvalue weighted by Gasteiger charge is -2.37. The van der Waals surface area contributed by atoms with Crippen LogP contribution in [0.15, 0.2) is 72.8 Å². The van der Waals surface area contributed by atoms with Gasteiger partial charge in [0, 0.05) is 30.6 Å². The molecule has 1 heterocycles. The highest BCUT2D eigenvalue weighted by Crippen LogP contribution is 2.47. The lowest BCUT2D eigenvalue weighted by Crippen LogP contribution is -2.50. The molecule has 0 aromatic heterocycles. The van der Waals surface area contributed by atoms with Crippen LogP contribution in [0.4, 0.5) is 9.59 Å². The van der Waals surface area contributed by atoms with E-state index in [0.29, 0.717) is 0 Å². The van der Waals surface area contributed by atoms with Crippen molar-refractivity contribution in [3.63, 3.8) is 0 Å². The SMILES string of the molecule is C=C(C)CN(CCC(=O)N1C(=O)OC(c2ccccc2)(c2ccccc2)C1C(C)C)C(=O)OC(C)(C)C. The molecule has 0 radical (unpaired) electrons. The van der Waals surface area contributed by atoms with Crippen LogP contribution >= 0.6 is 0 Å². The van der Waals surface area contributed by atoms with Gasteiger partial charge in [0.2, 0.25) is 5.91 Å². The minimum Gasteiger partial charge on any atom is -0.444 e. The maximum Gasteiger partial charge on any atom is 0.418 e. The number of carbonyl (C=O) groups excluding carboxylic acids is 3. The lowest BCUT2D eigenvalue weighted by molar-refractivity contribution is -0.130. The molecule has 1 atom stereocenters. The number of benzene rings is 2. The van der Waals surface area contributed by atoms with E-state index in [1.807, 2.05) is 74.5 Å². The summed E-state index contributed by atoms with van der Waals surface area (Å²) < 4.78 is 11.7. The highest BCUT2D eigenvalue weighted by atomic mass is 16.6. The molecule has 0 saturated carbocycles. The summed E-state index contributed by atoms with van der Waals surface area (Å²) in [6, 6.07) is 18.5. The molecule has 37 heavy (non-hydrogen) atoms. The second kappa shape index (κ2) is 11.2. The van der Waals surface area contributed by atoms with Gasteiger partial charge in [-0.15, -0.1) is 0 Å². The second-order valence-corrected chi connectivity index (χ2v) is 10.9. The van der Waals surface area contributed by atoms with Crippen molar-refractivity contribution in [2.24, 2.45) is 5.92 Å². The average Bonchev–Trinajstić information content (AvgIpc) is 3.15. The van der Waals surface area contributed by atoms with Gasteiger partial charge in [0.1, 0.15) is 5.60 Å². The molecule has 1 aliphatic rings. The fourth-order valence-electron chi connectivity index (χ4n) is 4.80. The molecule has 1 unspecified atom stereocenters. The molecule has 0 bridgehead atoms. The molecule has 0 N–H and O–H groups in total. The van der Waals surface area contributed by atoms with Crippen molar-refractivity contribution in [2.45, 2.75) is 65.2 Å². The largest absolute Gasteiger partial charge is 0.444 e. The van der Waals surface area contributed by atoms with Crippen molar-refractivity contribution in [2.75, 3.05) is 13.1 Å². The van der Waals surface area contributed by atoms with E-state index < -0.39 is 35.3 Å². The van der Waals surface area contributed by atoms with Crippen molar-refractivity contribution in [3.05, 3.63) is 83.9 Å². The zero-order valence-corrected chi connectivity index (χ0v) is 22.7. The van der Waals surface area contributed by atoms with Gasteiger partial charge in [-0.2, -0.15) is 0 Å². The van der Waals surface area contributed by atoms with Gasteiger partial charge in [0.05, 0.1) is 6.04 Å². The predicted molar refractivity (Wildman–Crippen MR) is 143 cm³/mol. The van der Waals surface area contributed by atoms with Gasteiger partial charge in [-0.3, -0.25) is 4.79 Å². The summed E-state index contributed by atoms with van der Waals surface area (Å²) in [4.78, 5) is 42.5. The van der Waals surface area contributed by atoms with E-state index in [1.165, 1.54) is 9.80 Å². The van der Waals surface area contributed by atoms with Gasteiger partial charge >= 0.3 is 12.2 Å². The van der Waals surface area contributed by atoms with Gasteiger partial charge in [0.15, 0.2) is 5.60 Å². The molecule has 7 nitrogen and oxygen atoms in total. The first kappa shape index (κ1) is 28.0. The Morgan fingerprint density at radius 2 is 1.57 bits per heavy atom. The van der Waals surface area contributed by atoms with E-state index in [-0.39, 0.29) is 25.4 Å². The van der Waals surface area contributed by atoms with E-state index in [2.05, 4.69) is 6.58 Å². The molecule has 1 aliphatic heterocycles. The third-order valence-electron chi connectivity index (χ3n) is 6.15. The van der Waals surface area contributed by atoms with Crippen LogP contribution in [0.2, 0.25) is 0 Å². The van der Waals surface area contributed by atoms with Crippen molar-refractivity contribution < 1.29 is 23.9 Å². The number of rotatable bonds is 8. The Kier molecular flexibility index (Phi) is 8.46. The van der Waals surface area contributed by atoms with Crippen LogP contribution in [0, 0.1) is 5.92 Å². The first-order valence-corrected chi connectivity index (χ1v) is 12.6. The Labute approximate surface area is 220 Å². The van der Waals surface area contributed by atoms with Crippen LogP contribution in [-0.4, -0.2) is 52.6 Å². The van der Waals surface area contributed by atoms with Crippen LogP contribution in [0.5, 0.6) is 0 Å². The topological polar surface area (TPSA) is 76.2 Å². The van der Waals surface area contributed by atoms with Gasteiger partial charge in [-0.25, -0.2) is 14.5 Å². The van der Waals surface area contributed by atoms with Crippen molar-refractivity contribution in [1.29, 1.82) is 0 Å². The fourth-order valence-corrected chi connectivity index (χ4v) is 4.80. The standard InChI is InChI=1S/C30H38N2O5/c1-21(2)20-31(27(34)36-29(5,6)7)19-18-25(33)32-26(22(3)4)30(37-28(32)35,23-14-10-8-11-15-23)24-16-12-9-13-17-24/h8-17,22,26H,1,18-20H2,2-7H3. The molecule has 1 saturated heterocycles. The predicted octanol–water partition coefficient (Wildman–Crippen LogP) is 6.14. The van der Waals surface area contributed by atoms with Crippen molar-refractivity contribution in [1.82, 2.24) is 9.80 Å². The number of nitrogens with zero attached hydrogens (tertiary/aromatic N) is 2. The maximum atomic E-state index is 13.6. The van der Waals surface area contributed by atoms with Crippen LogP contribution in [0.3, 0.4) is 0 Å². The Balaban J connectivity index is 1.95. The van der Waals surface area contributed by atoms with Gasteiger partial charge in [-0.1, -0.05) is 86.7 Å². The van der Waals surface area contributed by atoms with Crippen LogP contribution < -0.4 is 0 Å². The summed E-state index contributed by atoms with van der Waals surface area (Å²) in [6.07, 6.45) is -1.29. The summed E-state index contributed by atoms with van der Waals surface area (Å²) >= 11 is 0. The number of imide groups is 1. The molecule has 1 fully saturated rings. The first-order valence-electron chi connectivity index (χ1n) is 12.6. The highest BCUT2D eigenvalue weighted by Gasteiger charge is 2.59. The van der Waals surface area contributed by atoms with Crippen molar-refractivity contribution >= 4 is 18.1 Å². The average molecular weight is 507 g/mol. The molecule has 0 aliphatic carbocycles. The maximum absolute atomic E-state index is 13.6. The fraction of sp³-hybridized carbons (Fsp3) is 0.433. The zero-order chi connectivity index (χ0) is 27.4. The first-order chi connectivity index (χ1) is 17.4. The quantitative estimate of drug-likeness (QED) is 0.402. The third kappa shape index (κ3) is 6.21. The minimum absolute atomic E-state index is 0.0650. The zero-order valence-electron chi connectivity index (χ0n) is 22.7. The Bertz CT molecular complexity index is 1080. The number of amides is 3. The van der Waals surface area contributed by atoms with Crippen LogP contribution in [-0.2, 0) is 19.9 Å². The molecule has 7 heteroatoms. The van der Waals surface area contributed by atoms with Crippen LogP contribution in [0.1, 0.15) is 59.1 Å². The van der Waals surface area contributed by atoms with E-state index in [4.69, 9.17) is 9.47 Å². The highest BCUT2D eigenvalue weighted by molar-refractivity contribution is 5.95. The summed E-state index contributed by atoms with van der Waals surface area (Å²) in [6.45, 7) is 15.3. The summed E-state index contributed by atoms with van der Waals surface area (Å²) in [5.41, 5.74) is 0.501. The third-order valence-corrected chi connectivity index (χ3v) is 6.15. The van der Waals surface area contributed by atoms with E-state index in [1.54, 1.807) is 27.7 Å². The number of ether oxygens (including phenoxy) is 2. The lowest BCUT2D eigenvalue weighted by atomic mass is 9.75. The number of hydrogen-bond donors (Lipinski definition) is 0. The molecule has 2 aromatic rings. The van der Waals surface area contributed by atoms with Gasteiger partial charge < -0.3 is 14.4 Å². The van der Waals surface area contributed by atoms with E-state index >= 15 is 0 Å². The van der Waals surface area contributed by atoms with Gasteiger partial charge in [-0.05, 0) is 33.6 Å². The molecule has 2 aromatic carbocycles. The summed E-state index contributed by atoms with van der Waals surface area (Å²) in [5.74, 6) is -0.527.